The highest BCUT2D eigenvalue weighted by molar-refractivity contribution is 8.19. The molecular formula is C20H14N2O4S. The van der Waals surface area contributed by atoms with E-state index in [-0.39, 0.29) is 24.5 Å². The van der Waals surface area contributed by atoms with E-state index in [9.17, 15) is 4.79 Å². The standard InChI is InChI=1S/C20H14N2O4S/c1-2-9-24-15-6-3-13(4-7-15)10-18-19(23)22(20(21)27-18)14-5-8-16-17(11-14)26-12-25-16/h1,3-8,10-11,21H,9,12H2. The highest BCUT2D eigenvalue weighted by Gasteiger charge is 2.34. The number of benzene rings is 2. The first-order valence-electron chi connectivity index (χ1n) is 8.04. The van der Waals surface area contributed by atoms with Crippen molar-refractivity contribution in [3.8, 4) is 29.6 Å². The minimum atomic E-state index is -0.253. The molecule has 1 saturated heterocycles. The van der Waals surface area contributed by atoms with Crippen LogP contribution in [0, 0.1) is 17.8 Å². The average molecular weight is 378 g/mol. The molecule has 2 aromatic rings. The van der Waals surface area contributed by atoms with Gasteiger partial charge in [-0.3, -0.25) is 15.1 Å². The third-order valence-electron chi connectivity index (χ3n) is 3.94. The zero-order chi connectivity index (χ0) is 18.8. The number of carbonyl (C=O) groups is 1. The molecule has 134 valence electrons. The van der Waals surface area contributed by atoms with Crippen molar-refractivity contribution < 1.29 is 19.0 Å². The van der Waals surface area contributed by atoms with E-state index in [0.717, 1.165) is 17.3 Å². The topological polar surface area (TPSA) is 71.8 Å². The predicted molar refractivity (Wildman–Crippen MR) is 104 cm³/mol. The van der Waals surface area contributed by atoms with Gasteiger partial charge in [0.05, 0.1) is 10.6 Å². The first kappa shape index (κ1) is 17.1. The molecule has 0 aromatic heterocycles. The molecule has 0 unspecified atom stereocenters. The van der Waals surface area contributed by atoms with Crippen molar-refractivity contribution in [2.45, 2.75) is 0 Å². The number of fused-ring (bicyclic) bond motifs is 1. The van der Waals surface area contributed by atoms with E-state index in [1.807, 2.05) is 12.1 Å². The maximum absolute atomic E-state index is 12.8. The highest BCUT2D eigenvalue weighted by atomic mass is 32.2. The van der Waals surface area contributed by atoms with Crippen LogP contribution in [-0.4, -0.2) is 24.5 Å². The molecule has 0 bridgehead atoms. The molecule has 1 fully saturated rings. The Morgan fingerprint density at radius 2 is 2.00 bits per heavy atom. The van der Waals surface area contributed by atoms with Gasteiger partial charge in [-0.2, -0.15) is 0 Å². The van der Waals surface area contributed by atoms with E-state index in [0.29, 0.717) is 27.8 Å². The summed E-state index contributed by atoms with van der Waals surface area (Å²) in [6.07, 6.45) is 6.92. The summed E-state index contributed by atoms with van der Waals surface area (Å²) in [5.41, 5.74) is 1.41. The van der Waals surface area contributed by atoms with Crippen LogP contribution in [0.1, 0.15) is 5.56 Å². The summed E-state index contributed by atoms with van der Waals surface area (Å²) in [7, 11) is 0. The highest BCUT2D eigenvalue weighted by Crippen LogP contribution is 2.40. The molecule has 1 N–H and O–H groups in total. The van der Waals surface area contributed by atoms with Crippen LogP contribution in [0.4, 0.5) is 5.69 Å². The zero-order valence-corrected chi connectivity index (χ0v) is 14.9. The summed E-state index contributed by atoms with van der Waals surface area (Å²) in [6, 6.07) is 12.4. The third kappa shape index (κ3) is 3.35. The van der Waals surface area contributed by atoms with Crippen molar-refractivity contribution >= 4 is 34.6 Å². The molecule has 6 nitrogen and oxygen atoms in total. The van der Waals surface area contributed by atoms with Gasteiger partial charge in [-0.05, 0) is 47.7 Å². The van der Waals surface area contributed by atoms with Gasteiger partial charge in [0, 0.05) is 6.07 Å². The van der Waals surface area contributed by atoms with Gasteiger partial charge in [0.2, 0.25) is 6.79 Å². The Balaban J connectivity index is 1.56. The monoisotopic (exact) mass is 378 g/mol. The number of amidine groups is 1. The van der Waals surface area contributed by atoms with Crippen molar-refractivity contribution in [1.29, 1.82) is 5.41 Å². The first-order chi connectivity index (χ1) is 13.2. The number of hydrogen-bond acceptors (Lipinski definition) is 6. The Labute approximate surface area is 160 Å². The number of rotatable bonds is 4. The summed E-state index contributed by atoms with van der Waals surface area (Å²) in [6.45, 7) is 0.363. The number of carbonyl (C=O) groups excluding carboxylic acids is 1. The molecule has 4 rings (SSSR count). The molecule has 0 aliphatic carbocycles. The fraction of sp³-hybridized carbons (Fsp3) is 0.100. The number of terminal acetylenes is 1. The summed E-state index contributed by atoms with van der Waals surface area (Å²) in [4.78, 5) is 14.6. The van der Waals surface area contributed by atoms with Crippen LogP contribution in [0.2, 0.25) is 0 Å². The molecule has 27 heavy (non-hydrogen) atoms. The fourth-order valence-corrected chi connectivity index (χ4v) is 3.54. The lowest BCUT2D eigenvalue weighted by molar-refractivity contribution is -0.113. The van der Waals surface area contributed by atoms with E-state index in [1.54, 1.807) is 36.4 Å². The second-order valence-electron chi connectivity index (χ2n) is 5.66. The maximum Gasteiger partial charge on any atom is 0.271 e. The smallest absolute Gasteiger partial charge is 0.271 e. The van der Waals surface area contributed by atoms with Gasteiger partial charge in [0.15, 0.2) is 16.7 Å². The molecule has 0 radical (unpaired) electrons. The van der Waals surface area contributed by atoms with Crippen molar-refractivity contribution in [1.82, 2.24) is 0 Å². The van der Waals surface area contributed by atoms with E-state index in [4.69, 9.17) is 26.0 Å². The van der Waals surface area contributed by atoms with Gasteiger partial charge in [0.25, 0.3) is 5.91 Å². The van der Waals surface area contributed by atoms with E-state index >= 15 is 0 Å². The van der Waals surface area contributed by atoms with Crippen molar-refractivity contribution in [3.05, 3.63) is 52.9 Å². The molecule has 2 aliphatic rings. The van der Waals surface area contributed by atoms with E-state index in [2.05, 4.69) is 5.92 Å². The lowest BCUT2D eigenvalue weighted by Gasteiger charge is -2.14. The molecule has 0 spiro atoms. The molecule has 2 heterocycles. The number of hydrogen-bond donors (Lipinski definition) is 1. The average Bonchev–Trinajstić information content (AvgIpc) is 3.25. The van der Waals surface area contributed by atoms with E-state index < -0.39 is 0 Å². The summed E-state index contributed by atoms with van der Waals surface area (Å²) < 4.78 is 16.0. The van der Waals surface area contributed by atoms with Crippen LogP contribution >= 0.6 is 11.8 Å². The maximum atomic E-state index is 12.8. The molecule has 2 aromatic carbocycles. The van der Waals surface area contributed by atoms with Crippen LogP contribution in [0.3, 0.4) is 0 Å². The van der Waals surface area contributed by atoms with Crippen molar-refractivity contribution in [2.75, 3.05) is 18.3 Å². The summed E-state index contributed by atoms with van der Waals surface area (Å²) in [5, 5.41) is 8.33. The minimum absolute atomic E-state index is 0.138. The number of anilines is 1. The van der Waals surface area contributed by atoms with Crippen LogP contribution in [-0.2, 0) is 4.79 Å². The number of thioether (sulfide) groups is 1. The summed E-state index contributed by atoms with van der Waals surface area (Å²) in [5.74, 6) is 4.02. The van der Waals surface area contributed by atoms with Gasteiger partial charge < -0.3 is 14.2 Å². The second kappa shape index (κ2) is 7.09. The Hall–Kier alpha value is -3.37. The molecule has 0 atom stereocenters. The van der Waals surface area contributed by atoms with Crippen molar-refractivity contribution in [2.24, 2.45) is 0 Å². The van der Waals surface area contributed by atoms with Crippen LogP contribution in [0.25, 0.3) is 6.08 Å². The molecule has 2 aliphatic heterocycles. The van der Waals surface area contributed by atoms with Gasteiger partial charge in [-0.15, -0.1) is 6.42 Å². The van der Waals surface area contributed by atoms with Crippen LogP contribution < -0.4 is 19.1 Å². The molecule has 1 amide bonds. The quantitative estimate of drug-likeness (QED) is 0.651. The van der Waals surface area contributed by atoms with Gasteiger partial charge in [-0.1, -0.05) is 18.1 Å². The summed E-state index contributed by atoms with van der Waals surface area (Å²) >= 11 is 1.11. The third-order valence-corrected chi connectivity index (χ3v) is 4.83. The van der Waals surface area contributed by atoms with Crippen LogP contribution in [0.5, 0.6) is 17.2 Å². The first-order valence-corrected chi connectivity index (χ1v) is 8.86. The SMILES string of the molecule is C#CCOc1ccc(C=C2SC(=N)N(c3ccc4c(c3)OCO4)C2=O)cc1. The molecule has 0 saturated carbocycles. The molecule has 7 heteroatoms. The Morgan fingerprint density at radius 1 is 1.22 bits per heavy atom. The van der Waals surface area contributed by atoms with Gasteiger partial charge in [-0.25, -0.2) is 0 Å². The van der Waals surface area contributed by atoms with Gasteiger partial charge >= 0.3 is 0 Å². The lowest BCUT2D eigenvalue weighted by atomic mass is 10.2. The second-order valence-corrected chi connectivity index (χ2v) is 6.69. The number of nitrogens with zero attached hydrogens (tertiary/aromatic N) is 1. The fourth-order valence-electron chi connectivity index (χ4n) is 2.68. The van der Waals surface area contributed by atoms with Crippen molar-refractivity contribution in [3.63, 3.8) is 0 Å². The largest absolute Gasteiger partial charge is 0.481 e. The van der Waals surface area contributed by atoms with Gasteiger partial charge in [0.1, 0.15) is 12.4 Å². The minimum Gasteiger partial charge on any atom is -0.481 e. The van der Waals surface area contributed by atoms with E-state index in [1.165, 1.54) is 4.90 Å². The van der Waals surface area contributed by atoms with Crippen LogP contribution in [0.15, 0.2) is 47.4 Å². The Morgan fingerprint density at radius 3 is 2.78 bits per heavy atom. The zero-order valence-electron chi connectivity index (χ0n) is 14.1. The Kier molecular flexibility index (Phi) is 4.48. The number of ether oxygens (including phenoxy) is 3. The normalized spacial score (nSPS) is 16.7. The number of nitrogens with one attached hydrogen (secondary N) is 1. The molecular weight excluding hydrogens is 364 g/mol. The number of amides is 1. The Bertz CT molecular complexity index is 992. The lowest BCUT2D eigenvalue weighted by Crippen LogP contribution is -2.28. The predicted octanol–water partition coefficient (Wildman–Crippen LogP) is 3.48.